The first-order chi connectivity index (χ1) is 28.8. The minimum Gasteiger partial charge on any atom is -0.446 e. The lowest BCUT2D eigenvalue weighted by Gasteiger charge is -2.71. The van der Waals surface area contributed by atoms with E-state index in [0.29, 0.717) is 55.9 Å². The molecule has 0 radical (unpaired) electrons. The second-order valence-corrected chi connectivity index (χ2v) is 21.0. The van der Waals surface area contributed by atoms with Gasteiger partial charge in [0, 0.05) is 33.9 Å². The van der Waals surface area contributed by atoms with E-state index in [1.54, 1.807) is 4.90 Å². The number of carbonyl (C=O) groups is 2. The second-order valence-electron chi connectivity index (χ2n) is 21.0. The number of ketones is 1. The highest BCUT2D eigenvalue weighted by Gasteiger charge is 2.74. The number of Topliss-reactive ketones (excluding diaryl/α,β-unsaturated/α-hetero) is 1. The van der Waals surface area contributed by atoms with Crippen LogP contribution in [0.3, 0.4) is 0 Å². The van der Waals surface area contributed by atoms with Crippen LogP contribution in [-0.4, -0.2) is 51.3 Å². The standard InChI is InChI=1S/C52H62F3NO5/c1-32(2)39-17-16-33(3)26-42(39)61-46(59)56(30-36-13-8-11-34-10-6-7-15-40(34)36)31-50(60)23-20-44-48(50,5)22-19-43-47(4)21-18-38(57)28-49(47)24-25-51(43,44)41(29-49)45(58)35-12-9-14-37(27-35)52(53,54)55/h6-15,24-25,27,29,32-33,38-39,42-44,57,60H,16-23,26,28,30-31H2,1-5H3. The van der Waals surface area contributed by atoms with Gasteiger partial charge >= 0.3 is 12.3 Å². The zero-order valence-corrected chi connectivity index (χ0v) is 36.3. The molecule has 0 aromatic heterocycles. The van der Waals surface area contributed by atoms with Crippen LogP contribution >= 0.6 is 0 Å². The second kappa shape index (κ2) is 14.8. The van der Waals surface area contributed by atoms with Crippen LogP contribution in [0, 0.1) is 51.2 Å². The lowest BCUT2D eigenvalue weighted by atomic mass is 9.32. The van der Waals surface area contributed by atoms with E-state index in [4.69, 9.17) is 4.74 Å². The summed E-state index contributed by atoms with van der Waals surface area (Å²) in [6.45, 7) is 11.3. The van der Waals surface area contributed by atoms with Crippen LogP contribution in [0.4, 0.5) is 18.0 Å². The Labute approximate surface area is 358 Å². The Kier molecular flexibility index (Phi) is 10.3. The van der Waals surface area contributed by atoms with Crippen LogP contribution in [0.2, 0.25) is 0 Å². The van der Waals surface area contributed by atoms with Gasteiger partial charge in [0.05, 0.1) is 23.8 Å². The Hall–Kier alpha value is -3.95. The van der Waals surface area contributed by atoms with Gasteiger partial charge in [-0.15, -0.1) is 0 Å². The molecule has 3 aromatic carbocycles. The maximum atomic E-state index is 15.0. The number of aliphatic hydroxyl groups is 2. The maximum absolute atomic E-state index is 15.0. The van der Waals surface area contributed by atoms with Gasteiger partial charge in [0.25, 0.3) is 0 Å². The third kappa shape index (κ3) is 6.56. The Morgan fingerprint density at radius 3 is 2.36 bits per heavy atom. The Morgan fingerprint density at radius 2 is 1.59 bits per heavy atom. The molecule has 11 unspecified atom stereocenters. The van der Waals surface area contributed by atoms with Crippen molar-refractivity contribution in [2.45, 2.75) is 129 Å². The van der Waals surface area contributed by atoms with Gasteiger partial charge in [-0.3, -0.25) is 4.79 Å². The van der Waals surface area contributed by atoms with E-state index < -0.39 is 51.6 Å². The highest BCUT2D eigenvalue weighted by molar-refractivity contribution is 6.10. The number of allylic oxidation sites excluding steroid dienone is 4. The van der Waals surface area contributed by atoms with Crippen molar-refractivity contribution in [1.29, 1.82) is 0 Å². The number of hydrogen-bond donors (Lipinski definition) is 2. The summed E-state index contributed by atoms with van der Waals surface area (Å²) in [5.41, 5.74) is -3.39. The Morgan fingerprint density at radius 1 is 0.885 bits per heavy atom. The van der Waals surface area contributed by atoms with E-state index in [2.05, 4.69) is 65.0 Å². The third-order valence-electron chi connectivity index (χ3n) is 17.6. The predicted octanol–water partition coefficient (Wildman–Crippen LogP) is 11.7. The van der Waals surface area contributed by atoms with Crippen molar-refractivity contribution >= 4 is 22.6 Å². The zero-order valence-electron chi connectivity index (χ0n) is 36.3. The van der Waals surface area contributed by atoms with E-state index in [1.165, 1.54) is 12.1 Å². The van der Waals surface area contributed by atoms with Crippen molar-refractivity contribution in [2.75, 3.05) is 6.54 Å². The van der Waals surface area contributed by atoms with Gasteiger partial charge in [-0.05, 0) is 121 Å². The average Bonchev–Trinajstić information content (AvgIpc) is 3.49. The molecule has 7 aliphatic carbocycles. The Balaban J connectivity index is 1.11. The molecule has 3 aromatic rings. The van der Waals surface area contributed by atoms with Gasteiger partial charge in [0.2, 0.25) is 0 Å². The SMILES string of the molecule is CC1CCC(C(C)C)C(OC(=O)N(Cc2cccc3ccccc23)CC2(O)CCC3C45C=CC6(C=C4C(=O)c4cccc(C(F)(F)F)c4)CC(O)CCC6(C)C5CCC32C)C1. The summed E-state index contributed by atoms with van der Waals surface area (Å²) in [4.78, 5) is 31.6. The van der Waals surface area contributed by atoms with Crippen molar-refractivity contribution in [2.24, 2.45) is 51.2 Å². The fourth-order valence-corrected chi connectivity index (χ4v) is 14.2. The fraction of sp³-hybridized carbons (Fsp3) is 0.577. The number of carbonyl (C=O) groups excluding carboxylic acids is 2. The summed E-state index contributed by atoms with van der Waals surface area (Å²) >= 11 is 0. The van der Waals surface area contributed by atoms with E-state index in [-0.39, 0.29) is 47.9 Å². The minimum atomic E-state index is -4.61. The molecule has 9 heteroatoms. The summed E-state index contributed by atoms with van der Waals surface area (Å²) in [7, 11) is 0. The summed E-state index contributed by atoms with van der Waals surface area (Å²) < 4.78 is 48.8. The predicted molar refractivity (Wildman–Crippen MR) is 230 cm³/mol. The highest BCUT2D eigenvalue weighted by atomic mass is 19.4. The molecule has 6 nitrogen and oxygen atoms in total. The molecule has 7 aliphatic rings. The average molecular weight is 838 g/mol. The van der Waals surface area contributed by atoms with Gasteiger partial charge < -0.3 is 19.8 Å². The molecule has 0 heterocycles. The van der Waals surface area contributed by atoms with Crippen LogP contribution in [0.1, 0.15) is 120 Å². The molecule has 61 heavy (non-hydrogen) atoms. The molecule has 1 amide bonds. The normalized spacial score (nSPS) is 37.8. The quantitative estimate of drug-likeness (QED) is 0.174. The number of alkyl halides is 3. The van der Waals surface area contributed by atoms with Crippen LogP contribution in [0.15, 0.2) is 90.5 Å². The summed E-state index contributed by atoms with van der Waals surface area (Å²) in [6, 6.07) is 18.9. The van der Waals surface area contributed by atoms with Crippen molar-refractivity contribution in [3.63, 3.8) is 0 Å². The van der Waals surface area contributed by atoms with E-state index in [9.17, 15) is 28.2 Å². The van der Waals surface area contributed by atoms with Crippen molar-refractivity contribution < 1.29 is 37.7 Å². The Bertz CT molecular complexity index is 2280. The van der Waals surface area contributed by atoms with Crippen LogP contribution in [-0.2, 0) is 17.5 Å². The lowest BCUT2D eigenvalue weighted by Crippen LogP contribution is -2.67. The molecule has 4 fully saturated rings. The molecule has 11 atom stereocenters. The van der Waals surface area contributed by atoms with E-state index >= 15 is 4.79 Å². The number of rotatable bonds is 8. The molecule has 0 saturated heterocycles. The third-order valence-corrected chi connectivity index (χ3v) is 17.6. The fourth-order valence-electron chi connectivity index (χ4n) is 14.2. The zero-order chi connectivity index (χ0) is 43.3. The number of aliphatic hydroxyl groups excluding tert-OH is 1. The van der Waals surface area contributed by atoms with Crippen molar-refractivity contribution in [1.82, 2.24) is 4.90 Å². The molecular weight excluding hydrogens is 776 g/mol. The molecule has 326 valence electrons. The molecule has 0 aliphatic heterocycles. The molecule has 10 rings (SSSR count). The minimum absolute atomic E-state index is 0.00844. The summed E-state index contributed by atoms with van der Waals surface area (Å²) in [5.74, 6) is 0.305. The highest BCUT2D eigenvalue weighted by Crippen LogP contribution is 2.78. The monoisotopic (exact) mass is 837 g/mol. The van der Waals surface area contributed by atoms with Gasteiger partial charge in [-0.1, -0.05) is 114 Å². The maximum Gasteiger partial charge on any atom is 0.416 e. The van der Waals surface area contributed by atoms with Crippen molar-refractivity contribution in [3.8, 4) is 0 Å². The molecular formula is C52H62F3NO5. The van der Waals surface area contributed by atoms with Gasteiger partial charge in [0.15, 0.2) is 5.78 Å². The topological polar surface area (TPSA) is 87.1 Å². The first-order valence-electron chi connectivity index (χ1n) is 22.8. The summed E-state index contributed by atoms with van der Waals surface area (Å²) in [5, 5.41) is 26.6. The van der Waals surface area contributed by atoms with E-state index in [1.807, 2.05) is 30.3 Å². The van der Waals surface area contributed by atoms with Gasteiger partial charge in [0.1, 0.15) is 6.10 Å². The number of hydrogen-bond acceptors (Lipinski definition) is 5. The molecule has 2 bridgehead atoms. The summed E-state index contributed by atoms with van der Waals surface area (Å²) in [6.07, 6.45) is 7.56. The number of amides is 1. The number of benzene rings is 3. The van der Waals surface area contributed by atoms with Crippen LogP contribution < -0.4 is 0 Å². The number of ether oxygens (including phenoxy) is 1. The van der Waals surface area contributed by atoms with Gasteiger partial charge in [-0.25, -0.2) is 4.79 Å². The lowest BCUT2D eigenvalue weighted by molar-refractivity contribution is -0.175. The number of nitrogens with zero attached hydrogens (tertiary/aromatic N) is 1. The van der Waals surface area contributed by atoms with Gasteiger partial charge in [-0.2, -0.15) is 13.2 Å². The number of halogens is 3. The first-order valence-corrected chi connectivity index (χ1v) is 22.8. The van der Waals surface area contributed by atoms with E-state index in [0.717, 1.165) is 54.2 Å². The first kappa shape index (κ1) is 42.4. The molecule has 4 saturated carbocycles. The molecule has 2 N–H and O–H groups in total. The smallest absolute Gasteiger partial charge is 0.416 e. The largest absolute Gasteiger partial charge is 0.446 e. The number of fused-ring (bicyclic) bond motifs is 2. The molecule has 2 spiro atoms. The van der Waals surface area contributed by atoms with Crippen LogP contribution in [0.25, 0.3) is 10.8 Å². The van der Waals surface area contributed by atoms with Crippen molar-refractivity contribution in [3.05, 3.63) is 107 Å². The van der Waals surface area contributed by atoms with Crippen LogP contribution in [0.5, 0.6) is 0 Å².